The lowest BCUT2D eigenvalue weighted by Crippen LogP contribution is -2.53. The highest BCUT2D eigenvalue weighted by atomic mass is 127. The zero-order valence-corrected chi connectivity index (χ0v) is 18.6. The van der Waals surface area contributed by atoms with Crippen molar-refractivity contribution in [3.05, 3.63) is 32.9 Å². The molecule has 4 N–H and O–H groups in total. The minimum Gasteiger partial charge on any atom is -0.493 e. The van der Waals surface area contributed by atoms with E-state index in [-0.39, 0.29) is 36.6 Å². The summed E-state index contributed by atoms with van der Waals surface area (Å²) in [6, 6.07) is 1.81. The lowest BCUT2D eigenvalue weighted by molar-refractivity contribution is -0.129. The molecular weight excluding hydrogens is 536 g/mol. The fourth-order valence-corrected chi connectivity index (χ4v) is 3.76. The van der Waals surface area contributed by atoms with Crippen molar-refractivity contribution in [1.29, 1.82) is 0 Å². The molecule has 0 aliphatic heterocycles. The molecular formula is C19H22F3IN2O6. The van der Waals surface area contributed by atoms with Crippen LogP contribution in [0.5, 0.6) is 11.5 Å². The van der Waals surface area contributed by atoms with Gasteiger partial charge in [0.15, 0.2) is 11.5 Å². The van der Waals surface area contributed by atoms with Gasteiger partial charge < -0.3 is 30.3 Å². The molecule has 0 radical (unpaired) electrons. The number of ether oxygens (including phenoxy) is 2. The molecule has 1 aliphatic carbocycles. The second-order valence-corrected chi connectivity index (χ2v) is 7.87. The first-order valence-electron chi connectivity index (χ1n) is 9.17. The normalized spacial score (nSPS) is 21.3. The molecule has 1 aromatic rings. The van der Waals surface area contributed by atoms with Crippen molar-refractivity contribution in [2.24, 2.45) is 0 Å². The van der Waals surface area contributed by atoms with Crippen LogP contribution in [0, 0.1) is 3.57 Å². The second kappa shape index (κ2) is 11.1. The van der Waals surface area contributed by atoms with Gasteiger partial charge in [-0.05, 0) is 47.2 Å². The van der Waals surface area contributed by atoms with Crippen molar-refractivity contribution in [1.82, 2.24) is 10.6 Å². The van der Waals surface area contributed by atoms with Crippen LogP contribution in [0.2, 0.25) is 0 Å². The predicted molar refractivity (Wildman–Crippen MR) is 112 cm³/mol. The SMILES string of the molecule is COc1cc(C=O)cc(I)c1O[C@H]1C=C(C(=O)NCCO)C[C@@H](NCC(F)(F)F)[C@@H]1O. The molecule has 0 heterocycles. The van der Waals surface area contributed by atoms with E-state index in [9.17, 15) is 27.9 Å². The molecule has 1 aliphatic rings. The summed E-state index contributed by atoms with van der Waals surface area (Å²) in [5, 5.41) is 24.2. The van der Waals surface area contributed by atoms with Crippen molar-refractivity contribution in [2.45, 2.75) is 30.8 Å². The van der Waals surface area contributed by atoms with E-state index < -0.39 is 36.9 Å². The number of aldehydes is 1. The van der Waals surface area contributed by atoms with Gasteiger partial charge in [0.05, 0.1) is 23.8 Å². The molecule has 0 saturated heterocycles. The molecule has 31 heavy (non-hydrogen) atoms. The maximum atomic E-state index is 12.7. The number of hydrogen-bond acceptors (Lipinski definition) is 7. The zero-order chi connectivity index (χ0) is 23.2. The van der Waals surface area contributed by atoms with Crippen LogP contribution in [0.4, 0.5) is 13.2 Å². The number of aliphatic hydroxyl groups is 2. The Kier molecular flexibility index (Phi) is 9.09. The average molecular weight is 558 g/mol. The summed E-state index contributed by atoms with van der Waals surface area (Å²) in [5.41, 5.74) is 0.420. The summed E-state index contributed by atoms with van der Waals surface area (Å²) in [4.78, 5) is 23.4. The number of rotatable bonds is 9. The Labute approximate surface area is 189 Å². The van der Waals surface area contributed by atoms with Crippen LogP contribution in [-0.4, -0.2) is 73.6 Å². The molecule has 0 spiro atoms. The van der Waals surface area contributed by atoms with E-state index in [0.717, 1.165) is 0 Å². The summed E-state index contributed by atoms with van der Waals surface area (Å²) >= 11 is 1.89. The van der Waals surface area contributed by atoms with Crippen molar-refractivity contribution in [2.75, 3.05) is 26.8 Å². The topological polar surface area (TPSA) is 117 Å². The first-order valence-corrected chi connectivity index (χ1v) is 10.2. The minimum atomic E-state index is -4.51. The summed E-state index contributed by atoms with van der Waals surface area (Å²) in [5.74, 6) is -0.238. The molecule has 1 aromatic carbocycles. The van der Waals surface area contributed by atoms with Crippen LogP contribution in [0.3, 0.4) is 0 Å². The first kappa shape index (κ1) is 25.4. The van der Waals surface area contributed by atoms with E-state index in [2.05, 4.69) is 10.6 Å². The largest absolute Gasteiger partial charge is 0.493 e. The third-order valence-electron chi connectivity index (χ3n) is 4.45. The highest BCUT2D eigenvalue weighted by molar-refractivity contribution is 14.1. The summed E-state index contributed by atoms with van der Waals surface area (Å²) in [7, 11) is 1.35. The van der Waals surface area contributed by atoms with Gasteiger partial charge in [0.1, 0.15) is 18.5 Å². The number of carbonyl (C=O) groups is 2. The maximum Gasteiger partial charge on any atom is 0.401 e. The molecule has 0 aromatic heterocycles. The smallest absolute Gasteiger partial charge is 0.401 e. The molecule has 12 heteroatoms. The van der Waals surface area contributed by atoms with E-state index in [1.54, 1.807) is 0 Å². The van der Waals surface area contributed by atoms with Crippen molar-refractivity contribution >= 4 is 34.8 Å². The molecule has 0 unspecified atom stereocenters. The van der Waals surface area contributed by atoms with Crippen molar-refractivity contribution < 1.29 is 42.4 Å². The fourth-order valence-electron chi connectivity index (χ4n) is 3.00. The Hall–Kier alpha value is -1.90. The number of hydrogen-bond donors (Lipinski definition) is 4. The fraction of sp³-hybridized carbons (Fsp3) is 0.474. The summed E-state index contributed by atoms with van der Waals surface area (Å²) < 4.78 is 49.6. The lowest BCUT2D eigenvalue weighted by Gasteiger charge is -2.35. The van der Waals surface area contributed by atoms with Crippen molar-refractivity contribution in [3.8, 4) is 11.5 Å². The molecule has 0 bridgehead atoms. The molecule has 172 valence electrons. The number of methoxy groups -OCH3 is 1. The second-order valence-electron chi connectivity index (χ2n) is 6.70. The third kappa shape index (κ3) is 7.05. The van der Waals surface area contributed by atoms with E-state index in [4.69, 9.17) is 14.6 Å². The molecule has 1 amide bonds. The van der Waals surface area contributed by atoms with Gasteiger partial charge in [-0.2, -0.15) is 13.2 Å². The van der Waals surface area contributed by atoms with Gasteiger partial charge in [-0.25, -0.2) is 0 Å². The van der Waals surface area contributed by atoms with Crippen LogP contribution in [-0.2, 0) is 4.79 Å². The number of alkyl halides is 3. The number of benzene rings is 1. The molecule has 2 rings (SSSR count). The van der Waals surface area contributed by atoms with Gasteiger partial charge >= 0.3 is 6.18 Å². The minimum absolute atomic E-state index is 0.0379. The van der Waals surface area contributed by atoms with Gasteiger partial charge in [0.25, 0.3) is 0 Å². The van der Waals surface area contributed by atoms with E-state index in [1.807, 2.05) is 22.6 Å². The molecule has 0 saturated carbocycles. The number of aliphatic hydroxyl groups excluding tert-OH is 2. The average Bonchev–Trinajstić information content (AvgIpc) is 2.72. The molecule has 0 fully saturated rings. The summed E-state index contributed by atoms with van der Waals surface area (Å²) in [6.07, 6.45) is -5.34. The first-order chi connectivity index (χ1) is 14.6. The quantitative estimate of drug-likeness (QED) is 0.266. The standard InChI is InChI=1S/C19H22F3IN2O6/c1-30-15-5-10(8-27)4-12(23)17(15)31-14-7-11(18(29)24-2-3-26)6-13(16(14)28)25-9-19(20,21)22/h4-5,7-8,13-14,16,25-26,28H,2-3,6,9H2,1H3,(H,24,29)/t13-,14+,16+/m1/s1. The third-order valence-corrected chi connectivity index (χ3v) is 5.25. The van der Waals surface area contributed by atoms with Gasteiger partial charge in [-0.3, -0.25) is 9.59 Å². The number of halogens is 4. The monoisotopic (exact) mass is 558 g/mol. The van der Waals surface area contributed by atoms with Crippen LogP contribution in [0.1, 0.15) is 16.8 Å². The number of amides is 1. The van der Waals surface area contributed by atoms with Gasteiger partial charge in [-0.15, -0.1) is 0 Å². The zero-order valence-electron chi connectivity index (χ0n) is 16.4. The van der Waals surface area contributed by atoms with Crippen molar-refractivity contribution in [3.63, 3.8) is 0 Å². The highest BCUT2D eigenvalue weighted by Gasteiger charge is 2.38. The van der Waals surface area contributed by atoms with Gasteiger partial charge in [-0.1, -0.05) is 0 Å². The highest BCUT2D eigenvalue weighted by Crippen LogP contribution is 2.36. The van der Waals surface area contributed by atoms with E-state index in [1.165, 1.54) is 25.3 Å². The molecule has 3 atom stereocenters. The van der Waals surface area contributed by atoms with E-state index >= 15 is 0 Å². The number of nitrogens with one attached hydrogen (secondary N) is 2. The predicted octanol–water partition coefficient (Wildman–Crippen LogP) is 1.18. The Balaban J connectivity index is 2.35. The van der Waals surface area contributed by atoms with Crippen LogP contribution in [0.25, 0.3) is 0 Å². The van der Waals surface area contributed by atoms with Gasteiger partial charge in [0.2, 0.25) is 5.91 Å². The molecule has 8 nitrogen and oxygen atoms in total. The summed E-state index contributed by atoms with van der Waals surface area (Å²) in [6.45, 7) is -1.71. The number of carbonyl (C=O) groups excluding carboxylic acids is 2. The Morgan fingerprint density at radius 3 is 2.68 bits per heavy atom. The van der Waals surface area contributed by atoms with Gasteiger partial charge in [0, 0.05) is 23.7 Å². The Morgan fingerprint density at radius 1 is 1.39 bits per heavy atom. The maximum absolute atomic E-state index is 12.7. The van der Waals surface area contributed by atoms with Crippen LogP contribution < -0.4 is 20.1 Å². The van der Waals surface area contributed by atoms with Crippen LogP contribution >= 0.6 is 22.6 Å². The van der Waals surface area contributed by atoms with E-state index in [0.29, 0.717) is 15.4 Å². The lowest BCUT2D eigenvalue weighted by atomic mass is 9.89. The van der Waals surface area contributed by atoms with Crippen LogP contribution in [0.15, 0.2) is 23.8 Å². The Bertz CT molecular complexity index is 834. The Morgan fingerprint density at radius 2 is 2.10 bits per heavy atom.